The van der Waals surface area contributed by atoms with Crippen LogP contribution in [0.15, 0.2) is 22.7 Å². The van der Waals surface area contributed by atoms with Crippen LogP contribution in [0.2, 0.25) is 0 Å². The number of nitrogens with zero attached hydrogens (tertiary/aromatic N) is 1. The van der Waals surface area contributed by atoms with Crippen LogP contribution in [-0.4, -0.2) is 38.2 Å². The number of benzene rings is 1. The van der Waals surface area contributed by atoms with Crippen molar-refractivity contribution in [2.24, 2.45) is 0 Å². The van der Waals surface area contributed by atoms with Gasteiger partial charge in [-0.15, -0.1) is 0 Å². The standard InChI is InChI=1S/C14H23BrN2O/c1-4-17(5-2)8-9-18-14-7-6-13(15)10-12(14)11-16-3/h6-7,10,16H,4-5,8-9,11H2,1-3H3. The molecule has 0 aliphatic rings. The van der Waals surface area contributed by atoms with E-state index in [-0.39, 0.29) is 0 Å². The van der Waals surface area contributed by atoms with Crippen LogP contribution in [0.5, 0.6) is 5.75 Å². The van der Waals surface area contributed by atoms with E-state index < -0.39 is 0 Å². The molecule has 0 heterocycles. The van der Waals surface area contributed by atoms with Crippen molar-refractivity contribution in [3.05, 3.63) is 28.2 Å². The van der Waals surface area contributed by atoms with Crippen molar-refractivity contribution in [1.29, 1.82) is 0 Å². The molecule has 1 rings (SSSR count). The van der Waals surface area contributed by atoms with Crippen LogP contribution in [0.25, 0.3) is 0 Å². The molecule has 0 radical (unpaired) electrons. The van der Waals surface area contributed by atoms with E-state index in [0.29, 0.717) is 0 Å². The molecular weight excluding hydrogens is 292 g/mol. The average Bonchev–Trinajstić information content (AvgIpc) is 2.37. The number of hydrogen-bond acceptors (Lipinski definition) is 3. The normalized spacial score (nSPS) is 10.9. The maximum atomic E-state index is 5.88. The Hall–Kier alpha value is -0.580. The lowest BCUT2D eigenvalue weighted by Crippen LogP contribution is -2.28. The lowest BCUT2D eigenvalue weighted by atomic mass is 10.2. The minimum absolute atomic E-state index is 0.736. The summed E-state index contributed by atoms with van der Waals surface area (Å²) in [4.78, 5) is 2.36. The van der Waals surface area contributed by atoms with Crippen molar-refractivity contribution in [3.8, 4) is 5.75 Å². The van der Waals surface area contributed by atoms with Gasteiger partial charge >= 0.3 is 0 Å². The van der Waals surface area contributed by atoms with Gasteiger partial charge in [0.25, 0.3) is 0 Å². The van der Waals surface area contributed by atoms with Gasteiger partial charge in [0.2, 0.25) is 0 Å². The highest BCUT2D eigenvalue weighted by atomic mass is 79.9. The predicted molar refractivity (Wildman–Crippen MR) is 80.2 cm³/mol. The summed E-state index contributed by atoms with van der Waals surface area (Å²) in [6.45, 7) is 9.03. The largest absolute Gasteiger partial charge is 0.492 e. The van der Waals surface area contributed by atoms with Gasteiger partial charge in [-0.2, -0.15) is 0 Å². The van der Waals surface area contributed by atoms with E-state index in [0.717, 1.165) is 43.0 Å². The highest BCUT2D eigenvalue weighted by Crippen LogP contribution is 2.23. The van der Waals surface area contributed by atoms with Gasteiger partial charge in [-0.3, -0.25) is 0 Å². The summed E-state index contributed by atoms with van der Waals surface area (Å²) >= 11 is 3.49. The van der Waals surface area contributed by atoms with Crippen LogP contribution in [0.1, 0.15) is 19.4 Å². The Morgan fingerprint density at radius 1 is 1.28 bits per heavy atom. The molecule has 0 aromatic heterocycles. The van der Waals surface area contributed by atoms with E-state index in [1.807, 2.05) is 19.2 Å². The van der Waals surface area contributed by atoms with Crippen LogP contribution in [0.4, 0.5) is 0 Å². The first-order valence-electron chi connectivity index (χ1n) is 6.49. The number of ether oxygens (including phenoxy) is 1. The molecule has 1 N–H and O–H groups in total. The molecule has 3 nitrogen and oxygen atoms in total. The van der Waals surface area contributed by atoms with Crippen LogP contribution >= 0.6 is 15.9 Å². The summed E-state index contributed by atoms with van der Waals surface area (Å²) in [7, 11) is 1.95. The molecule has 0 spiro atoms. The lowest BCUT2D eigenvalue weighted by molar-refractivity contribution is 0.221. The highest BCUT2D eigenvalue weighted by Gasteiger charge is 2.05. The molecule has 1 aromatic carbocycles. The number of hydrogen-bond donors (Lipinski definition) is 1. The van der Waals surface area contributed by atoms with Gasteiger partial charge in [-0.1, -0.05) is 29.8 Å². The fourth-order valence-corrected chi connectivity index (χ4v) is 2.25. The zero-order chi connectivity index (χ0) is 13.4. The van der Waals surface area contributed by atoms with Gasteiger partial charge in [0.1, 0.15) is 12.4 Å². The molecule has 0 aliphatic carbocycles. The lowest BCUT2D eigenvalue weighted by Gasteiger charge is -2.19. The van der Waals surface area contributed by atoms with Crippen molar-refractivity contribution >= 4 is 15.9 Å². The number of likely N-dealkylation sites (N-methyl/N-ethyl adjacent to an activating group) is 1. The maximum absolute atomic E-state index is 5.88. The minimum atomic E-state index is 0.736. The molecule has 0 unspecified atom stereocenters. The topological polar surface area (TPSA) is 24.5 Å². The molecule has 0 atom stereocenters. The summed E-state index contributed by atoms with van der Waals surface area (Å²) in [5.41, 5.74) is 1.19. The maximum Gasteiger partial charge on any atom is 0.123 e. The zero-order valence-corrected chi connectivity index (χ0v) is 13.1. The third-order valence-corrected chi connectivity index (χ3v) is 3.44. The van der Waals surface area contributed by atoms with Crippen molar-refractivity contribution in [3.63, 3.8) is 0 Å². The summed E-state index contributed by atoms with van der Waals surface area (Å²) in [6, 6.07) is 6.15. The molecule has 0 saturated heterocycles. The van der Waals surface area contributed by atoms with E-state index in [1.165, 1.54) is 5.56 Å². The van der Waals surface area contributed by atoms with Crippen molar-refractivity contribution in [2.45, 2.75) is 20.4 Å². The predicted octanol–water partition coefficient (Wildman–Crippen LogP) is 2.89. The van der Waals surface area contributed by atoms with Gasteiger partial charge in [0.15, 0.2) is 0 Å². The molecule has 102 valence electrons. The zero-order valence-electron chi connectivity index (χ0n) is 11.5. The molecule has 1 aromatic rings. The molecule has 4 heteroatoms. The van der Waals surface area contributed by atoms with Crippen molar-refractivity contribution in [2.75, 3.05) is 33.3 Å². The fourth-order valence-electron chi connectivity index (χ4n) is 1.84. The first-order valence-corrected chi connectivity index (χ1v) is 7.28. The van der Waals surface area contributed by atoms with Gasteiger partial charge in [0, 0.05) is 23.1 Å². The average molecular weight is 315 g/mol. The quantitative estimate of drug-likeness (QED) is 0.798. The van der Waals surface area contributed by atoms with Crippen LogP contribution < -0.4 is 10.1 Å². The van der Waals surface area contributed by atoms with Crippen LogP contribution in [0, 0.1) is 0 Å². The molecule has 0 saturated carbocycles. The summed E-state index contributed by atoms with van der Waals surface area (Å²) in [6.07, 6.45) is 0. The van der Waals surface area contributed by atoms with E-state index in [4.69, 9.17) is 4.74 Å². The van der Waals surface area contributed by atoms with Crippen LogP contribution in [-0.2, 0) is 6.54 Å². The first kappa shape index (κ1) is 15.5. The van der Waals surface area contributed by atoms with E-state index in [2.05, 4.69) is 46.1 Å². The fraction of sp³-hybridized carbons (Fsp3) is 0.571. The summed E-state index contributed by atoms with van der Waals surface area (Å²) in [5, 5.41) is 3.16. The number of nitrogens with one attached hydrogen (secondary N) is 1. The Morgan fingerprint density at radius 3 is 2.61 bits per heavy atom. The Kier molecular flexibility index (Phi) is 7.32. The second-order valence-electron chi connectivity index (χ2n) is 4.16. The third-order valence-electron chi connectivity index (χ3n) is 2.95. The summed E-state index contributed by atoms with van der Waals surface area (Å²) < 4.78 is 6.96. The Morgan fingerprint density at radius 2 is 2.00 bits per heavy atom. The Bertz CT molecular complexity index is 354. The Labute approximate surface area is 119 Å². The monoisotopic (exact) mass is 314 g/mol. The molecule has 0 aliphatic heterocycles. The molecule has 0 fully saturated rings. The van der Waals surface area contributed by atoms with Gasteiger partial charge in [-0.05, 0) is 38.3 Å². The van der Waals surface area contributed by atoms with Crippen molar-refractivity contribution < 1.29 is 4.74 Å². The number of rotatable bonds is 8. The molecule has 18 heavy (non-hydrogen) atoms. The van der Waals surface area contributed by atoms with Gasteiger partial charge in [-0.25, -0.2) is 0 Å². The van der Waals surface area contributed by atoms with E-state index >= 15 is 0 Å². The molecular formula is C14H23BrN2O. The minimum Gasteiger partial charge on any atom is -0.492 e. The Balaban J connectivity index is 2.55. The summed E-state index contributed by atoms with van der Waals surface area (Å²) in [5.74, 6) is 0.972. The SMILES string of the molecule is CCN(CC)CCOc1ccc(Br)cc1CNC. The smallest absolute Gasteiger partial charge is 0.123 e. The van der Waals surface area contributed by atoms with Gasteiger partial charge in [0.05, 0.1) is 0 Å². The molecule has 0 bridgehead atoms. The highest BCUT2D eigenvalue weighted by molar-refractivity contribution is 9.10. The van der Waals surface area contributed by atoms with Crippen LogP contribution in [0.3, 0.4) is 0 Å². The van der Waals surface area contributed by atoms with Crippen molar-refractivity contribution in [1.82, 2.24) is 10.2 Å². The first-order chi connectivity index (χ1) is 8.71. The van der Waals surface area contributed by atoms with E-state index in [1.54, 1.807) is 0 Å². The van der Waals surface area contributed by atoms with E-state index in [9.17, 15) is 0 Å². The third kappa shape index (κ3) is 4.96. The second-order valence-corrected chi connectivity index (χ2v) is 5.07. The molecule has 0 amide bonds. The number of halogens is 1. The van der Waals surface area contributed by atoms with Gasteiger partial charge < -0.3 is 15.0 Å². The second kappa shape index (κ2) is 8.51.